The van der Waals surface area contributed by atoms with Crippen LogP contribution in [0.15, 0.2) is 24.3 Å². The minimum Gasteiger partial charge on any atom is -0.484 e. The molecular formula is C18H23F3N2O3. The van der Waals surface area contributed by atoms with Crippen LogP contribution < -0.4 is 10.1 Å². The van der Waals surface area contributed by atoms with E-state index in [2.05, 4.69) is 5.32 Å². The summed E-state index contributed by atoms with van der Waals surface area (Å²) in [5, 5.41) is 2.85. The fourth-order valence-corrected chi connectivity index (χ4v) is 2.78. The molecule has 5 nitrogen and oxygen atoms in total. The number of nitrogens with one attached hydrogen (secondary N) is 1. The molecule has 0 unspecified atom stereocenters. The van der Waals surface area contributed by atoms with Crippen LogP contribution >= 0.6 is 0 Å². The van der Waals surface area contributed by atoms with Gasteiger partial charge in [-0.15, -0.1) is 0 Å². The first-order valence-electron chi connectivity index (χ1n) is 8.66. The van der Waals surface area contributed by atoms with Crippen molar-refractivity contribution < 1.29 is 27.5 Å². The minimum absolute atomic E-state index is 0.00186. The predicted octanol–water partition coefficient (Wildman–Crippen LogP) is 2.85. The lowest BCUT2D eigenvalue weighted by Gasteiger charge is -2.31. The summed E-state index contributed by atoms with van der Waals surface area (Å²) < 4.78 is 43.2. The number of carbonyl (C=O) groups excluding carboxylic acids is 2. The maximum Gasteiger partial charge on any atom is 0.416 e. The average Bonchev–Trinajstić information content (AvgIpc) is 2.64. The van der Waals surface area contributed by atoms with Crippen LogP contribution in [0.3, 0.4) is 0 Å². The van der Waals surface area contributed by atoms with E-state index < -0.39 is 11.7 Å². The van der Waals surface area contributed by atoms with Crippen LogP contribution in [0.1, 0.15) is 31.7 Å². The van der Waals surface area contributed by atoms with E-state index in [0.717, 1.165) is 18.6 Å². The molecule has 1 aromatic carbocycles. The van der Waals surface area contributed by atoms with Crippen molar-refractivity contribution >= 4 is 11.8 Å². The number of ether oxygens (including phenoxy) is 1. The van der Waals surface area contributed by atoms with E-state index in [1.165, 1.54) is 12.1 Å². The maximum atomic E-state index is 12.7. The molecule has 8 heteroatoms. The van der Waals surface area contributed by atoms with Crippen molar-refractivity contribution in [2.45, 2.75) is 32.4 Å². The molecule has 1 fully saturated rings. The fourth-order valence-electron chi connectivity index (χ4n) is 2.78. The molecule has 0 radical (unpaired) electrons. The SMILES string of the molecule is CCCNC(=O)C1CCN(C(=O)COc2cccc(C(F)(F)F)c2)CC1. The maximum absolute atomic E-state index is 12.7. The molecule has 1 aliphatic heterocycles. The number of benzene rings is 1. The Morgan fingerprint density at radius 1 is 1.27 bits per heavy atom. The van der Waals surface area contributed by atoms with Gasteiger partial charge in [-0.25, -0.2) is 0 Å². The third-order valence-electron chi connectivity index (χ3n) is 4.29. The summed E-state index contributed by atoms with van der Waals surface area (Å²) in [6.07, 6.45) is -2.44. The standard InChI is InChI=1S/C18H23F3N2O3/c1-2-8-22-17(25)13-6-9-23(10-7-13)16(24)12-26-15-5-3-4-14(11-15)18(19,20)21/h3-5,11,13H,2,6-10,12H2,1H3,(H,22,25). The second-order valence-corrected chi connectivity index (χ2v) is 6.26. The van der Waals surface area contributed by atoms with Crippen LogP contribution in [-0.2, 0) is 15.8 Å². The van der Waals surface area contributed by atoms with Crippen molar-refractivity contribution in [2.75, 3.05) is 26.2 Å². The van der Waals surface area contributed by atoms with Gasteiger partial charge in [0.25, 0.3) is 5.91 Å². The van der Waals surface area contributed by atoms with Crippen molar-refractivity contribution in [1.82, 2.24) is 10.2 Å². The van der Waals surface area contributed by atoms with Gasteiger partial charge in [-0.3, -0.25) is 9.59 Å². The zero-order chi connectivity index (χ0) is 19.2. The Morgan fingerprint density at radius 3 is 2.58 bits per heavy atom. The molecule has 1 aliphatic rings. The Bertz CT molecular complexity index is 626. The van der Waals surface area contributed by atoms with Gasteiger partial charge >= 0.3 is 6.18 Å². The van der Waals surface area contributed by atoms with Crippen LogP contribution in [0.25, 0.3) is 0 Å². The molecule has 2 amide bonds. The summed E-state index contributed by atoms with van der Waals surface area (Å²) in [4.78, 5) is 25.7. The highest BCUT2D eigenvalue weighted by Crippen LogP contribution is 2.31. The molecule has 0 bridgehead atoms. The zero-order valence-electron chi connectivity index (χ0n) is 14.6. The summed E-state index contributed by atoms with van der Waals surface area (Å²) in [6.45, 7) is 3.17. The lowest BCUT2D eigenvalue weighted by molar-refractivity contribution is -0.138. The molecule has 144 valence electrons. The number of halogens is 3. The van der Waals surface area contributed by atoms with E-state index >= 15 is 0 Å². The van der Waals surface area contributed by atoms with Crippen molar-refractivity contribution in [2.24, 2.45) is 5.92 Å². The van der Waals surface area contributed by atoms with Gasteiger partial charge in [-0.05, 0) is 37.5 Å². The number of carbonyl (C=O) groups is 2. The largest absolute Gasteiger partial charge is 0.484 e. The van der Waals surface area contributed by atoms with Gasteiger partial charge in [-0.1, -0.05) is 13.0 Å². The topological polar surface area (TPSA) is 58.6 Å². The first-order chi connectivity index (χ1) is 12.3. The summed E-state index contributed by atoms with van der Waals surface area (Å²) >= 11 is 0. The highest BCUT2D eigenvalue weighted by molar-refractivity contribution is 5.80. The Labute approximate surface area is 150 Å². The molecule has 26 heavy (non-hydrogen) atoms. The Kier molecular flexibility index (Phi) is 6.88. The Hall–Kier alpha value is -2.25. The number of alkyl halides is 3. The highest BCUT2D eigenvalue weighted by atomic mass is 19.4. The van der Waals surface area contributed by atoms with Crippen molar-refractivity contribution in [3.63, 3.8) is 0 Å². The van der Waals surface area contributed by atoms with Gasteiger partial charge in [0.05, 0.1) is 5.56 Å². The lowest BCUT2D eigenvalue weighted by Crippen LogP contribution is -2.44. The molecule has 0 spiro atoms. The molecule has 0 aliphatic carbocycles. The number of amides is 2. The number of likely N-dealkylation sites (tertiary alicyclic amines) is 1. The van der Waals surface area contributed by atoms with Crippen LogP contribution in [-0.4, -0.2) is 43.0 Å². The van der Waals surface area contributed by atoms with E-state index in [4.69, 9.17) is 4.74 Å². The second-order valence-electron chi connectivity index (χ2n) is 6.26. The van der Waals surface area contributed by atoms with Crippen molar-refractivity contribution in [3.8, 4) is 5.75 Å². The van der Waals surface area contributed by atoms with Crippen molar-refractivity contribution in [1.29, 1.82) is 0 Å². The first kappa shape index (κ1) is 20.1. The van der Waals surface area contributed by atoms with Crippen LogP contribution in [0.4, 0.5) is 13.2 Å². The smallest absolute Gasteiger partial charge is 0.416 e. The van der Waals surface area contributed by atoms with E-state index in [9.17, 15) is 22.8 Å². The molecular weight excluding hydrogens is 349 g/mol. The number of nitrogens with zero attached hydrogens (tertiary/aromatic N) is 1. The van der Waals surface area contributed by atoms with Crippen LogP contribution in [0.5, 0.6) is 5.75 Å². The minimum atomic E-state index is -4.45. The Morgan fingerprint density at radius 2 is 1.96 bits per heavy atom. The normalized spacial score (nSPS) is 15.6. The molecule has 1 N–H and O–H groups in total. The Balaban J connectivity index is 1.80. The van der Waals surface area contributed by atoms with Crippen molar-refractivity contribution in [3.05, 3.63) is 29.8 Å². The molecule has 1 aromatic rings. The monoisotopic (exact) mass is 372 g/mol. The third-order valence-corrected chi connectivity index (χ3v) is 4.29. The van der Waals surface area contributed by atoms with Crippen LogP contribution in [0, 0.1) is 5.92 Å². The summed E-state index contributed by atoms with van der Waals surface area (Å²) in [6, 6.07) is 4.44. The molecule has 0 saturated carbocycles. The summed E-state index contributed by atoms with van der Waals surface area (Å²) in [5.41, 5.74) is -0.818. The van der Waals surface area contributed by atoms with Gasteiger partial charge in [0.1, 0.15) is 5.75 Å². The molecule has 0 atom stereocenters. The summed E-state index contributed by atoms with van der Waals surface area (Å²) in [7, 11) is 0. The van der Waals surface area contributed by atoms with Gasteiger partial charge in [-0.2, -0.15) is 13.2 Å². The van der Waals surface area contributed by atoms with E-state index in [-0.39, 0.29) is 30.1 Å². The van der Waals surface area contributed by atoms with Gasteiger partial charge in [0, 0.05) is 25.6 Å². The fraction of sp³-hybridized carbons (Fsp3) is 0.556. The number of rotatable bonds is 6. The van der Waals surface area contributed by atoms with Crippen LogP contribution in [0.2, 0.25) is 0 Å². The number of hydrogen-bond acceptors (Lipinski definition) is 3. The van der Waals surface area contributed by atoms with Gasteiger partial charge < -0.3 is 15.0 Å². The predicted molar refractivity (Wildman–Crippen MR) is 89.5 cm³/mol. The summed E-state index contributed by atoms with van der Waals surface area (Å²) in [5.74, 6) is -0.383. The van der Waals surface area contributed by atoms with E-state index in [1.54, 1.807) is 4.90 Å². The number of piperidine rings is 1. The van der Waals surface area contributed by atoms with Gasteiger partial charge in [0.15, 0.2) is 6.61 Å². The lowest BCUT2D eigenvalue weighted by atomic mass is 9.96. The van der Waals surface area contributed by atoms with E-state index in [1.807, 2.05) is 6.92 Å². The average molecular weight is 372 g/mol. The quantitative estimate of drug-likeness (QED) is 0.835. The molecule has 1 heterocycles. The molecule has 2 rings (SSSR count). The second kappa shape index (κ2) is 8.91. The molecule has 0 aromatic heterocycles. The third kappa shape index (κ3) is 5.64. The molecule has 1 saturated heterocycles. The zero-order valence-corrected chi connectivity index (χ0v) is 14.6. The highest BCUT2D eigenvalue weighted by Gasteiger charge is 2.31. The first-order valence-corrected chi connectivity index (χ1v) is 8.66. The van der Waals surface area contributed by atoms with E-state index in [0.29, 0.717) is 32.5 Å². The van der Waals surface area contributed by atoms with Gasteiger partial charge in [0.2, 0.25) is 5.91 Å². The number of hydrogen-bond donors (Lipinski definition) is 1.